The normalized spacial score (nSPS) is 23.7. The van der Waals surface area contributed by atoms with Gasteiger partial charge >= 0.3 is 0 Å². The lowest BCUT2D eigenvalue weighted by molar-refractivity contribution is 0.311. The van der Waals surface area contributed by atoms with Crippen LogP contribution in [-0.4, -0.2) is 19.6 Å². The first-order valence-electron chi connectivity index (χ1n) is 4.21. The van der Waals surface area contributed by atoms with Crippen molar-refractivity contribution in [2.45, 2.75) is 33.1 Å². The van der Waals surface area contributed by atoms with Gasteiger partial charge in [-0.05, 0) is 18.3 Å². The number of methoxy groups -OCH3 is 1. The Labute approximate surface area is 68.7 Å². The maximum Gasteiger partial charge on any atom is 0.183 e. The summed E-state index contributed by atoms with van der Waals surface area (Å²) in [7, 11) is 1.71. The van der Waals surface area contributed by atoms with Crippen molar-refractivity contribution in [3.63, 3.8) is 0 Å². The largest absolute Gasteiger partial charge is 0.484 e. The number of hydrogen-bond acceptors (Lipinski definition) is 2. The fourth-order valence-electron chi connectivity index (χ4n) is 1.45. The van der Waals surface area contributed by atoms with Gasteiger partial charge < -0.3 is 4.74 Å². The predicted molar refractivity (Wildman–Crippen MR) is 46.9 cm³/mol. The summed E-state index contributed by atoms with van der Waals surface area (Å²) < 4.78 is 5.16. The standard InChI is InChI=1S/C9H17NO/c1-9(2)5-4-6-10-8(7-9)11-3/h4-7H2,1-3H3. The summed E-state index contributed by atoms with van der Waals surface area (Å²) in [5.74, 6) is 0.924. The highest BCUT2D eigenvalue weighted by Crippen LogP contribution is 2.29. The van der Waals surface area contributed by atoms with Gasteiger partial charge in [-0.15, -0.1) is 0 Å². The third-order valence-electron chi connectivity index (χ3n) is 2.17. The summed E-state index contributed by atoms with van der Waals surface area (Å²) in [6.07, 6.45) is 3.44. The molecule has 0 aromatic heterocycles. The molecule has 0 atom stereocenters. The van der Waals surface area contributed by atoms with E-state index in [-0.39, 0.29) is 0 Å². The highest BCUT2D eigenvalue weighted by molar-refractivity contribution is 5.76. The van der Waals surface area contributed by atoms with E-state index in [0.717, 1.165) is 18.9 Å². The van der Waals surface area contributed by atoms with Crippen molar-refractivity contribution < 1.29 is 4.74 Å². The SMILES string of the molecule is COC1=NCCCC(C)(C)C1. The molecule has 0 saturated carbocycles. The second kappa shape index (κ2) is 3.24. The van der Waals surface area contributed by atoms with Crippen LogP contribution in [0, 0.1) is 5.41 Å². The summed E-state index contributed by atoms with van der Waals surface area (Å²) >= 11 is 0. The smallest absolute Gasteiger partial charge is 0.183 e. The minimum atomic E-state index is 0.380. The Balaban J connectivity index is 2.60. The minimum absolute atomic E-state index is 0.380. The quantitative estimate of drug-likeness (QED) is 0.525. The molecule has 0 aromatic carbocycles. The molecule has 0 spiro atoms. The van der Waals surface area contributed by atoms with E-state index >= 15 is 0 Å². The lowest BCUT2D eigenvalue weighted by Crippen LogP contribution is -2.16. The molecule has 0 bridgehead atoms. The zero-order valence-corrected chi connectivity index (χ0v) is 7.68. The van der Waals surface area contributed by atoms with Crippen LogP contribution in [-0.2, 0) is 4.74 Å². The Kier molecular flexibility index (Phi) is 2.53. The summed E-state index contributed by atoms with van der Waals surface area (Å²) in [6.45, 7) is 5.48. The molecule has 0 unspecified atom stereocenters. The molecule has 1 aliphatic heterocycles. The van der Waals surface area contributed by atoms with Gasteiger partial charge in [-0.25, -0.2) is 0 Å². The zero-order valence-electron chi connectivity index (χ0n) is 7.68. The fourth-order valence-corrected chi connectivity index (χ4v) is 1.45. The van der Waals surface area contributed by atoms with Crippen molar-refractivity contribution >= 4 is 5.90 Å². The van der Waals surface area contributed by atoms with Crippen LogP contribution >= 0.6 is 0 Å². The van der Waals surface area contributed by atoms with Gasteiger partial charge in [0.2, 0.25) is 0 Å². The number of ether oxygens (including phenoxy) is 1. The van der Waals surface area contributed by atoms with E-state index in [1.54, 1.807) is 7.11 Å². The van der Waals surface area contributed by atoms with Crippen LogP contribution in [0.15, 0.2) is 4.99 Å². The molecule has 0 fully saturated rings. The summed E-state index contributed by atoms with van der Waals surface area (Å²) in [6, 6.07) is 0. The van der Waals surface area contributed by atoms with Crippen molar-refractivity contribution in [3.8, 4) is 0 Å². The third kappa shape index (κ3) is 2.52. The van der Waals surface area contributed by atoms with Crippen molar-refractivity contribution in [1.29, 1.82) is 0 Å². The molecule has 0 radical (unpaired) electrons. The minimum Gasteiger partial charge on any atom is -0.484 e. The lowest BCUT2D eigenvalue weighted by atomic mass is 9.85. The highest BCUT2D eigenvalue weighted by atomic mass is 16.5. The van der Waals surface area contributed by atoms with E-state index in [0.29, 0.717) is 5.41 Å². The Morgan fingerprint density at radius 3 is 2.82 bits per heavy atom. The highest BCUT2D eigenvalue weighted by Gasteiger charge is 2.22. The van der Waals surface area contributed by atoms with Crippen molar-refractivity contribution in [1.82, 2.24) is 0 Å². The maximum atomic E-state index is 5.16. The van der Waals surface area contributed by atoms with Gasteiger partial charge in [0.15, 0.2) is 5.90 Å². The van der Waals surface area contributed by atoms with E-state index < -0.39 is 0 Å². The van der Waals surface area contributed by atoms with Crippen molar-refractivity contribution in [3.05, 3.63) is 0 Å². The van der Waals surface area contributed by atoms with Gasteiger partial charge in [0.05, 0.1) is 7.11 Å². The van der Waals surface area contributed by atoms with Crippen LogP contribution < -0.4 is 0 Å². The number of nitrogens with zero attached hydrogens (tertiary/aromatic N) is 1. The van der Waals surface area contributed by atoms with Crippen LogP contribution in [0.3, 0.4) is 0 Å². The maximum absolute atomic E-state index is 5.16. The first-order chi connectivity index (χ1) is 5.14. The van der Waals surface area contributed by atoms with Crippen LogP contribution in [0.5, 0.6) is 0 Å². The van der Waals surface area contributed by atoms with E-state index in [1.807, 2.05) is 0 Å². The Bertz CT molecular complexity index is 161. The first-order valence-corrected chi connectivity index (χ1v) is 4.21. The molecule has 0 aromatic rings. The summed E-state index contributed by atoms with van der Waals surface area (Å²) in [4.78, 5) is 4.33. The average Bonchev–Trinajstić information content (AvgIpc) is 2.10. The Morgan fingerprint density at radius 1 is 1.45 bits per heavy atom. The molecule has 0 saturated heterocycles. The topological polar surface area (TPSA) is 21.6 Å². The van der Waals surface area contributed by atoms with Crippen LogP contribution in [0.25, 0.3) is 0 Å². The Morgan fingerprint density at radius 2 is 2.18 bits per heavy atom. The molecular weight excluding hydrogens is 138 g/mol. The molecular formula is C9H17NO. The van der Waals surface area contributed by atoms with Crippen LogP contribution in [0.4, 0.5) is 0 Å². The Hall–Kier alpha value is -0.530. The molecule has 0 aliphatic carbocycles. The van der Waals surface area contributed by atoms with Crippen molar-refractivity contribution in [2.24, 2.45) is 10.4 Å². The average molecular weight is 155 g/mol. The molecule has 0 amide bonds. The zero-order chi connectivity index (χ0) is 8.32. The molecule has 0 N–H and O–H groups in total. The molecule has 1 rings (SSSR count). The third-order valence-corrected chi connectivity index (χ3v) is 2.17. The van der Waals surface area contributed by atoms with E-state index in [9.17, 15) is 0 Å². The van der Waals surface area contributed by atoms with Crippen molar-refractivity contribution in [2.75, 3.05) is 13.7 Å². The molecule has 64 valence electrons. The molecule has 2 nitrogen and oxygen atoms in total. The van der Waals surface area contributed by atoms with Crippen LogP contribution in [0.1, 0.15) is 33.1 Å². The van der Waals surface area contributed by atoms with Crippen LogP contribution in [0.2, 0.25) is 0 Å². The molecule has 1 aliphatic rings. The van der Waals surface area contributed by atoms with Gasteiger partial charge in [0, 0.05) is 13.0 Å². The van der Waals surface area contributed by atoms with E-state index in [4.69, 9.17) is 4.74 Å². The fraction of sp³-hybridized carbons (Fsp3) is 0.889. The van der Waals surface area contributed by atoms with Gasteiger partial charge in [0.1, 0.15) is 0 Å². The first kappa shape index (κ1) is 8.57. The predicted octanol–water partition coefficient (Wildman–Crippen LogP) is 2.24. The molecule has 1 heterocycles. The van der Waals surface area contributed by atoms with E-state index in [2.05, 4.69) is 18.8 Å². The van der Waals surface area contributed by atoms with Gasteiger partial charge in [0.25, 0.3) is 0 Å². The monoisotopic (exact) mass is 155 g/mol. The second-order valence-electron chi connectivity index (χ2n) is 3.92. The number of rotatable bonds is 0. The van der Waals surface area contributed by atoms with E-state index in [1.165, 1.54) is 12.8 Å². The summed E-state index contributed by atoms with van der Waals surface area (Å²) in [5.41, 5.74) is 0.380. The molecule has 11 heavy (non-hydrogen) atoms. The lowest BCUT2D eigenvalue weighted by Gasteiger charge is -2.21. The van der Waals surface area contributed by atoms with Gasteiger partial charge in [-0.3, -0.25) is 4.99 Å². The van der Waals surface area contributed by atoms with Gasteiger partial charge in [-0.2, -0.15) is 0 Å². The summed E-state index contributed by atoms with van der Waals surface area (Å²) in [5, 5.41) is 0. The van der Waals surface area contributed by atoms with Gasteiger partial charge in [-0.1, -0.05) is 13.8 Å². The second-order valence-corrected chi connectivity index (χ2v) is 3.92. The number of aliphatic imine (C=N–C) groups is 1. The number of hydrogen-bond donors (Lipinski definition) is 0. The molecule has 2 heteroatoms.